The third-order valence-corrected chi connectivity index (χ3v) is 4.70. The van der Waals surface area contributed by atoms with E-state index in [2.05, 4.69) is 10.3 Å². The van der Waals surface area contributed by atoms with Crippen LogP contribution in [0.5, 0.6) is 17.2 Å². The van der Waals surface area contributed by atoms with Crippen LogP contribution in [0.25, 0.3) is 0 Å². The molecule has 1 aromatic heterocycles. The highest BCUT2D eigenvalue weighted by molar-refractivity contribution is 6.38. The van der Waals surface area contributed by atoms with Gasteiger partial charge in [0.05, 0.1) is 0 Å². The number of phenolic OH excluding ortho intramolecular Hbond substituents is 1. The Morgan fingerprint density at radius 1 is 1.31 bits per heavy atom. The number of ether oxygens (including phenoxy) is 1. The Labute approximate surface area is 179 Å². The van der Waals surface area contributed by atoms with Crippen molar-refractivity contribution in [3.63, 3.8) is 0 Å². The molecule has 9 heteroatoms. The Hall–Kier alpha value is -2.25. The summed E-state index contributed by atoms with van der Waals surface area (Å²) in [5.74, 6) is -2.13. The zero-order valence-electron chi connectivity index (χ0n) is 15.6. The Balaban J connectivity index is 0.00000420. The molecule has 0 aliphatic rings. The van der Waals surface area contributed by atoms with Crippen molar-refractivity contribution in [1.29, 1.82) is 0 Å². The van der Waals surface area contributed by atoms with Crippen LogP contribution in [0.3, 0.4) is 0 Å². The summed E-state index contributed by atoms with van der Waals surface area (Å²) in [5.41, 5.74) is 0.631. The lowest BCUT2D eigenvalue weighted by Crippen LogP contribution is -2.29. The van der Waals surface area contributed by atoms with Gasteiger partial charge in [-0.15, -0.1) is 0 Å². The van der Waals surface area contributed by atoms with Gasteiger partial charge >= 0.3 is 5.97 Å². The van der Waals surface area contributed by atoms with Gasteiger partial charge in [-0.3, -0.25) is 0 Å². The van der Waals surface area contributed by atoms with Gasteiger partial charge in [-0.25, -0.2) is 4.79 Å². The number of nitrogens with one attached hydrogen (secondary N) is 1. The molecule has 1 atom stereocenters. The standard InChI is InChI=1S/C19H21Cl2FN2O4.CH4/c1-4-5-12(19(26)27)23-18-15(21)16(14(20)17(22)24-18)28-10-6-7-13(25)11(8-10)9(2)3;/h6-9,12,25H,4-5H2,1-3H3,(H,23,24)(H,26,27);1H4/t12-;/m0./s1. The molecule has 3 N–H and O–H groups in total. The molecule has 0 unspecified atom stereocenters. The number of rotatable bonds is 8. The number of pyridine rings is 1. The number of aromatic nitrogens is 1. The van der Waals surface area contributed by atoms with E-state index in [9.17, 15) is 19.4 Å². The van der Waals surface area contributed by atoms with E-state index in [0.717, 1.165) is 0 Å². The molecular formula is C20H25Cl2FN2O4. The summed E-state index contributed by atoms with van der Waals surface area (Å²) in [5, 5.41) is 21.3. The highest BCUT2D eigenvalue weighted by atomic mass is 35.5. The van der Waals surface area contributed by atoms with Gasteiger partial charge in [0.2, 0.25) is 5.95 Å². The minimum absolute atomic E-state index is 0. The van der Waals surface area contributed by atoms with E-state index in [1.54, 1.807) is 6.07 Å². The smallest absolute Gasteiger partial charge is 0.326 e. The van der Waals surface area contributed by atoms with Crippen LogP contribution in [0.4, 0.5) is 10.2 Å². The number of hydrogen-bond donors (Lipinski definition) is 3. The Morgan fingerprint density at radius 3 is 2.52 bits per heavy atom. The molecule has 0 aliphatic heterocycles. The van der Waals surface area contributed by atoms with Gasteiger partial charge in [-0.2, -0.15) is 9.37 Å². The maximum absolute atomic E-state index is 14.2. The van der Waals surface area contributed by atoms with E-state index in [1.807, 2.05) is 20.8 Å². The molecule has 0 bridgehead atoms. The third kappa shape index (κ3) is 5.87. The number of phenols is 1. The minimum atomic E-state index is -1.11. The van der Waals surface area contributed by atoms with Crippen LogP contribution in [0.1, 0.15) is 52.5 Å². The predicted molar refractivity (Wildman–Crippen MR) is 113 cm³/mol. The van der Waals surface area contributed by atoms with Crippen LogP contribution in [-0.2, 0) is 4.79 Å². The zero-order chi connectivity index (χ0) is 21.0. The summed E-state index contributed by atoms with van der Waals surface area (Å²) in [4.78, 5) is 15.0. The molecule has 0 radical (unpaired) electrons. The molecule has 0 amide bonds. The summed E-state index contributed by atoms with van der Waals surface area (Å²) in [7, 11) is 0. The molecule has 0 saturated carbocycles. The molecule has 0 saturated heterocycles. The number of carboxylic acids is 1. The van der Waals surface area contributed by atoms with E-state index in [1.165, 1.54) is 12.1 Å². The first-order valence-electron chi connectivity index (χ1n) is 8.70. The number of aliphatic carboxylic acids is 1. The first-order valence-corrected chi connectivity index (χ1v) is 9.45. The molecule has 0 aliphatic carbocycles. The molecule has 2 aromatic rings. The first-order chi connectivity index (χ1) is 13.1. The number of anilines is 1. The Bertz CT molecular complexity index is 878. The lowest BCUT2D eigenvalue weighted by Gasteiger charge is -2.18. The van der Waals surface area contributed by atoms with Crippen LogP contribution in [0.15, 0.2) is 18.2 Å². The van der Waals surface area contributed by atoms with Gasteiger partial charge in [-0.05, 0) is 30.5 Å². The lowest BCUT2D eigenvalue weighted by molar-refractivity contribution is -0.138. The van der Waals surface area contributed by atoms with E-state index < -0.39 is 23.0 Å². The molecule has 6 nitrogen and oxygen atoms in total. The molecular weight excluding hydrogens is 422 g/mol. The van der Waals surface area contributed by atoms with Crippen molar-refractivity contribution < 1.29 is 24.1 Å². The summed E-state index contributed by atoms with van der Waals surface area (Å²) in [6.45, 7) is 5.61. The fourth-order valence-electron chi connectivity index (χ4n) is 2.57. The molecule has 160 valence electrons. The molecule has 0 fully saturated rings. The van der Waals surface area contributed by atoms with Crippen LogP contribution >= 0.6 is 23.2 Å². The van der Waals surface area contributed by atoms with Crippen LogP contribution < -0.4 is 10.1 Å². The van der Waals surface area contributed by atoms with Gasteiger partial charge in [-0.1, -0.05) is 57.8 Å². The maximum Gasteiger partial charge on any atom is 0.326 e. The van der Waals surface area contributed by atoms with Crippen LogP contribution in [0.2, 0.25) is 10.0 Å². The Kier molecular flexibility index (Phi) is 8.98. The molecule has 2 rings (SSSR count). The monoisotopic (exact) mass is 446 g/mol. The van der Waals surface area contributed by atoms with Gasteiger partial charge < -0.3 is 20.3 Å². The number of nitrogens with zero attached hydrogens (tertiary/aromatic N) is 1. The largest absolute Gasteiger partial charge is 0.508 e. The topological polar surface area (TPSA) is 91.7 Å². The normalized spacial score (nSPS) is 11.7. The molecule has 1 heterocycles. The van der Waals surface area contributed by atoms with Crippen molar-refractivity contribution in [2.24, 2.45) is 0 Å². The van der Waals surface area contributed by atoms with Gasteiger partial charge in [0, 0.05) is 5.56 Å². The minimum Gasteiger partial charge on any atom is -0.508 e. The highest BCUT2D eigenvalue weighted by Gasteiger charge is 2.24. The molecule has 1 aromatic carbocycles. The first kappa shape index (κ1) is 24.8. The molecule has 0 spiro atoms. The average Bonchev–Trinajstić information content (AvgIpc) is 2.63. The molecule has 29 heavy (non-hydrogen) atoms. The van der Waals surface area contributed by atoms with Gasteiger partial charge in [0.1, 0.15) is 27.6 Å². The fourth-order valence-corrected chi connectivity index (χ4v) is 3.02. The van der Waals surface area contributed by atoms with E-state index >= 15 is 0 Å². The predicted octanol–water partition coefficient (Wildman–Crippen LogP) is 6.45. The van der Waals surface area contributed by atoms with Crippen LogP contribution in [0, 0.1) is 5.95 Å². The number of hydrogen-bond acceptors (Lipinski definition) is 5. The fraction of sp³-hybridized carbons (Fsp3) is 0.400. The maximum atomic E-state index is 14.2. The van der Waals surface area contributed by atoms with Crippen molar-refractivity contribution in [2.75, 3.05) is 5.32 Å². The second-order valence-electron chi connectivity index (χ2n) is 6.51. The number of benzene rings is 1. The van der Waals surface area contributed by atoms with E-state index in [4.69, 9.17) is 27.9 Å². The van der Waals surface area contributed by atoms with Crippen molar-refractivity contribution in [2.45, 2.75) is 53.0 Å². The average molecular weight is 447 g/mol. The van der Waals surface area contributed by atoms with Crippen molar-refractivity contribution in [3.05, 3.63) is 39.8 Å². The highest BCUT2D eigenvalue weighted by Crippen LogP contribution is 2.42. The summed E-state index contributed by atoms with van der Waals surface area (Å²) >= 11 is 12.2. The van der Waals surface area contributed by atoms with Crippen molar-refractivity contribution >= 4 is 35.0 Å². The van der Waals surface area contributed by atoms with Crippen molar-refractivity contribution in [1.82, 2.24) is 4.98 Å². The number of carboxylic acid groups (broad SMARTS) is 1. The Morgan fingerprint density at radius 2 is 1.97 bits per heavy atom. The summed E-state index contributed by atoms with van der Waals surface area (Å²) in [6.07, 6.45) is 0.885. The number of aromatic hydroxyl groups is 1. The number of carbonyl (C=O) groups is 1. The van der Waals surface area contributed by atoms with E-state index in [-0.39, 0.29) is 41.4 Å². The summed E-state index contributed by atoms with van der Waals surface area (Å²) in [6, 6.07) is 3.53. The lowest BCUT2D eigenvalue weighted by atomic mass is 10.0. The second-order valence-corrected chi connectivity index (χ2v) is 7.27. The number of halogens is 3. The van der Waals surface area contributed by atoms with Crippen LogP contribution in [-0.4, -0.2) is 27.2 Å². The quantitative estimate of drug-likeness (QED) is 0.403. The van der Waals surface area contributed by atoms with E-state index in [0.29, 0.717) is 18.4 Å². The third-order valence-electron chi connectivity index (χ3n) is 4.03. The van der Waals surface area contributed by atoms with Crippen molar-refractivity contribution in [3.8, 4) is 17.2 Å². The zero-order valence-corrected chi connectivity index (χ0v) is 17.1. The second kappa shape index (κ2) is 10.5. The van der Waals surface area contributed by atoms with Gasteiger partial charge in [0.25, 0.3) is 0 Å². The van der Waals surface area contributed by atoms with Gasteiger partial charge in [0.15, 0.2) is 11.6 Å². The SMILES string of the molecule is C.CCC[C@H](Nc1nc(F)c(Cl)c(Oc2ccc(O)c(C(C)C)c2)c1Cl)C(=O)O. The summed E-state index contributed by atoms with van der Waals surface area (Å²) < 4.78 is 19.9.